The maximum atomic E-state index is 6.06. The fourth-order valence-electron chi connectivity index (χ4n) is 4.41. The van der Waals surface area contributed by atoms with Crippen LogP contribution in [0.25, 0.3) is 32.7 Å². The monoisotopic (exact) mass is 655 g/mol. The van der Waals surface area contributed by atoms with Crippen molar-refractivity contribution in [3.05, 3.63) is 72.0 Å². The SMILES string of the molecule is COc1cc2c(Cl)ncnc2cc1OCCCl.COc1cc2c(Oc3ccc4[nH]cc(C)c4c3)ncnc2cc1OCCCl. The maximum absolute atomic E-state index is 6.06. The Kier molecular flexibility index (Phi) is 10.3. The van der Waals surface area contributed by atoms with Crippen molar-refractivity contribution in [2.75, 3.05) is 39.2 Å². The van der Waals surface area contributed by atoms with Gasteiger partial charge < -0.3 is 28.7 Å². The zero-order chi connectivity index (χ0) is 31.1. The summed E-state index contributed by atoms with van der Waals surface area (Å²) < 4.78 is 27.8. The molecule has 0 unspecified atom stereocenters. The van der Waals surface area contributed by atoms with E-state index >= 15 is 0 Å². The van der Waals surface area contributed by atoms with Crippen LogP contribution in [0, 0.1) is 6.92 Å². The van der Waals surface area contributed by atoms with Gasteiger partial charge in [0.2, 0.25) is 5.88 Å². The molecular weight excluding hydrogens is 629 g/mol. The number of methoxy groups -OCH3 is 2. The van der Waals surface area contributed by atoms with E-state index in [9.17, 15) is 0 Å². The van der Waals surface area contributed by atoms with E-state index in [-0.39, 0.29) is 0 Å². The van der Waals surface area contributed by atoms with Gasteiger partial charge in [-0.2, -0.15) is 0 Å². The highest BCUT2D eigenvalue weighted by molar-refractivity contribution is 6.34. The molecule has 0 radical (unpaired) electrons. The summed E-state index contributed by atoms with van der Waals surface area (Å²) in [5.74, 6) is 4.28. The van der Waals surface area contributed by atoms with Gasteiger partial charge in [-0.05, 0) is 42.8 Å². The molecule has 0 spiro atoms. The van der Waals surface area contributed by atoms with Crippen molar-refractivity contribution in [1.82, 2.24) is 24.9 Å². The minimum absolute atomic E-state index is 0.383. The van der Waals surface area contributed by atoms with Crippen molar-refractivity contribution < 1.29 is 23.7 Å². The molecule has 0 bridgehead atoms. The van der Waals surface area contributed by atoms with Gasteiger partial charge in [-0.25, -0.2) is 19.9 Å². The van der Waals surface area contributed by atoms with Gasteiger partial charge in [0.05, 0.1) is 42.4 Å². The molecule has 0 aliphatic carbocycles. The number of hydrogen-bond donors (Lipinski definition) is 1. The zero-order valence-electron chi connectivity index (χ0n) is 24.1. The van der Waals surface area contributed by atoms with E-state index in [2.05, 4.69) is 31.8 Å². The van der Waals surface area contributed by atoms with E-state index in [1.54, 1.807) is 32.4 Å². The van der Waals surface area contributed by atoms with Crippen molar-refractivity contribution in [2.24, 2.45) is 0 Å². The standard InChI is InChI=1S/C20H18ClN3O3.C11H10Cl2N2O2/c1-12-10-22-16-4-3-13(7-14(12)16)27-20-15-8-18(25-2)19(26-6-5-21)9-17(15)23-11-24-20;1-16-9-4-7-8(14-6-15-11(7)13)5-10(9)17-3-2-12/h3-4,7-11,22H,5-6H2,1-2H3;4-6H,2-3H2,1H3. The molecule has 0 fully saturated rings. The van der Waals surface area contributed by atoms with Crippen LogP contribution in [0.4, 0.5) is 0 Å². The lowest BCUT2D eigenvalue weighted by Crippen LogP contribution is -2.01. The van der Waals surface area contributed by atoms with Crippen molar-refractivity contribution in [2.45, 2.75) is 6.92 Å². The van der Waals surface area contributed by atoms with E-state index in [1.165, 1.54) is 12.7 Å². The van der Waals surface area contributed by atoms with E-state index in [1.807, 2.05) is 30.5 Å². The minimum Gasteiger partial charge on any atom is -0.493 e. The van der Waals surface area contributed by atoms with Crippen molar-refractivity contribution in [3.8, 4) is 34.6 Å². The van der Waals surface area contributed by atoms with Crippen molar-refractivity contribution >= 4 is 67.5 Å². The number of aromatic amines is 1. The predicted molar refractivity (Wildman–Crippen MR) is 173 cm³/mol. The number of nitrogens with zero attached hydrogens (tertiary/aromatic N) is 4. The Labute approximate surface area is 268 Å². The molecule has 0 saturated heterocycles. The van der Waals surface area contributed by atoms with Crippen LogP contribution in [0.3, 0.4) is 0 Å². The minimum atomic E-state index is 0.383. The molecule has 3 heterocycles. The van der Waals surface area contributed by atoms with Gasteiger partial charge in [0, 0.05) is 34.6 Å². The molecule has 44 heavy (non-hydrogen) atoms. The number of benzene rings is 3. The molecule has 0 aliphatic heterocycles. The number of aryl methyl sites for hydroxylation is 1. The lowest BCUT2D eigenvalue weighted by molar-refractivity contribution is 0.313. The first-order valence-electron chi connectivity index (χ1n) is 13.4. The zero-order valence-corrected chi connectivity index (χ0v) is 26.3. The smallest absolute Gasteiger partial charge is 0.230 e. The number of nitrogens with one attached hydrogen (secondary N) is 1. The van der Waals surface area contributed by atoms with Gasteiger partial charge in [0.1, 0.15) is 36.8 Å². The normalized spacial score (nSPS) is 10.9. The summed E-state index contributed by atoms with van der Waals surface area (Å²) >= 11 is 17.3. The molecule has 6 rings (SSSR count). The third-order valence-corrected chi connectivity index (χ3v) is 7.11. The molecule has 1 N–H and O–H groups in total. The third-order valence-electron chi connectivity index (χ3n) is 6.50. The Balaban J connectivity index is 0.000000195. The summed E-state index contributed by atoms with van der Waals surface area (Å²) in [4.78, 5) is 19.9. The number of halogens is 3. The second kappa shape index (κ2) is 14.5. The van der Waals surface area contributed by atoms with Crippen LogP contribution >= 0.6 is 34.8 Å². The average molecular weight is 657 g/mol. The molecule has 6 aromatic rings. The maximum Gasteiger partial charge on any atom is 0.230 e. The molecule has 0 aliphatic rings. The first kappa shape index (κ1) is 31.2. The van der Waals surface area contributed by atoms with Crippen LogP contribution < -0.4 is 23.7 Å². The fraction of sp³-hybridized carbons (Fsp3) is 0.226. The van der Waals surface area contributed by atoms with Gasteiger partial charge in [0.25, 0.3) is 0 Å². The highest BCUT2D eigenvalue weighted by atomic mass is 35.5. The Morgan fingerprint density at radius 1 is 0.705 bits per heavy atom. The van der Waals surface area contributed by atoms with E-state index in [0.29, 0.717) is 75.8 Å². The highest BCUT2D eigenvalue weighted by Crippen LogP contribution is 2.37. The second-order valence-electron chi connectivity index (χ2n) is 9.24. The summed E-state index contributed by atoms with van der Waals surface area (Å²) in [6.45, 7) is 2.84. The number of fused-ring (bicyclic) bond motifs is 3. The molecule has 10 nitrogen and oxygen atoms in total. The lowest BCUT2D eigenvalue weighted by Gasteiger charge is -2.13. The number of alkyl halides is 2. The first-order valence-corrected chi connectivity index (χ1v) is 14.8. The number of hydrogen-bond acceptors (Lipinski definition) is 9. The first-order chi connectivity index (χ1) is 21.4. The Bertz CT molecular complexity index is 1900. The Morgan fingerprint density at radius 2 is 1.32 bits per heavy atom. The van der Waals surface area contributed by atoms with Crippen LogP contribution in [-0.2, 0) is 0 Å². The molecule has 3 aromatic heterocycles. The quantitative estimate of drug-likeness (QED) is 0.117. The number of aromatic nitrogens is 5. The van der Waals surface area contributed by atoms with Crippen molar-refractivity contribution in [1.29, 1.82) is 0 Å². The van der Waals surface area contributed by atoms with Gasteiger partial charge in [-0.3, -0.25) is 0 Å². The second-order valence-corrected chi connectivity index (χ2v) is 10.4. The number of ether oxygens (including phenoxy) is 5. The highest BCUT2D eigenvalue weighted by Gasteiger charge is 2.14. The van der Waals surface area contributed by atoms with Gasteiger partial charge in [0.15, 0.2) is 23.0 Å². The predicted octanol–water partition coefficient (Wildman–Crippen LogP) is 7.75. The van der Waals surface area contributed by atoms with Crippen LogP contribution in [-0.4, -0.2) is 64.1 Å². The topological polar surface area (TPSA) is 114 Å². The van der Waals surface area contributed by atoms with E-state index in [4.69, 9.17) is 58.5 Å². The Hall–Kier alpha value is -4.25. The summed E-state index contributed by atoms with van der Waals surface area (Å²) in [6, 6.07) is 13.0. The van der Waals surface area contributed by atoms with E-state index < -0.39 is 0 Å². The van der Waals surface area contributed by atoms with Gasteiger partial charge in [-0.15, -0.1) is 23.2 Å². The summed E-state index contributed by atoms with van der Waals surface area (Å²) in [6.07, 6.45) is 4.85. The molecule has 0 amide bonds. The number of rotatable bonds is 10. The molecule has 13 heteroatoms. The third kappa shape index (κ3) is 6.93. The van der Waals surface area contributed by atoms with Gasteiger partial charge in [-0.1, -0.05) is 11.6 Å². The van der Waals surface area contributed by atoms with Crippen LogP contribution in [0.2, 0.25) is 5.15 Å². The van der Waals surface area contributed by atoms with Crippen molar-refractivity contribution in [3.63, 3.8) is 0 Å². The van der Waals surface area contributed by atoms with Crippen LogP contribution in [0.5, 0.6) is 34.6 Å². The summed E-state index contributed by atoms with van der Waals surface area (Å²) in [7, 11) is 3.15. The largest absolute Gasteiger partial charge is 0.493 e. The Morgan fingerprint density at radius 3 is 1.95 bits per heavy atom. The molecule has 0 atom stereocenters. The lowest BCUT2D eigenvalue weighted by atomic mass is 10.2. The average Bonchev–Trinajstić information content (AvgIpc) is 3.42. The number of H-pyrrole nitrogens is 1. The summed E-state index contributed by atoms with van der Waals surface area (Å²) in [5, 5.41) is 2.96. The molecule has 0 saturated carbocycles. The molecule has 228 valence electrons. The molecular formula is C31H28Cl3N5O5. The molecule has 3 aromatic carbocycles. The van der Waals surface area contributed by atoms with Crippen LogP contribution in [0.1, 0.15) is 5.56 Å². The fourth-order valence-corrected chi connectivity index (χ4v) is 4.76. The van der Waals surface area contributed by atoms with Crippen LogP contribution in [0.15, 0.2) is 61.3 Å². The van der Waals surface area contributed by atoms with Gasteiger partial charge >= 0.3 is 0 Å². The van der Waals surface area contributed by atoms with E-state index in [0.717, 1.165) is 27.2 Å². The summed E-state index contributed by atoms with van der Waals surface area (Å²) in [5.41, 5.74) is 3.63.